The molecule has 1 amide bonds. The number of amides is 1. The Labute approximate surface area is 205 Å². The lowest BCUT2D eigenvalue weighted by molar-refractivity contribution is -0.133. The van der Waals surface area contributed by atoms with Crippen LogP contribution in [0.2, 0.25) is 0 Å². The van der Waals surface area contributed by atoms with Crippen molar-refractivity contribution < 1.29 is 19.0 Å². The van der Waals surface area contributed by atoms with Crippen molar-refractivity contribution in [2.45, 2.75) is 51.1 Å². The molecule has 0 radical (unpaired) electrons. The zero-order chi connectivity index (χ0) is 24.8. The summed E-state index contributed by atoms with van der Waals surface area (Å²) in [5.41, 5.74) is 1.53. The van der Waals surface area contributed by atoms with E-state index in [0.29, 0.717) is 41.8 Å². The second-order valence-electron chi connectivity index (χ2n) is 8.80. The Morgan fingerprint density at radius 2 is 1.74 bits per heavy atom. The number of nitrogens with zero attached hydrogens (tertiary/aromatic N) is 3. The van der Waals surface area contributed by atoms with Gasteiger partial charge in [0.15, 0.2) is 11.5 Å². The highest BCUT2D eigenvalue weighted by Crippen LogP contribution is 2.32. The first-order valence-corrected chi connectivity index (χ1v) is 12.1. The Morgan fingerprint density at radius 3 is 2.46 bits per heavy atom. The van der Waals surface area contributed by atoms with E-state index in [1.54, 1.807) is 30.9 Å². The van der Waals surface area contributed by atoms with Gasteiger partial charge in [0.25, 0.3) is 5.56 Å². The number of likely N-dealkylation sites (tertiary alicyclic amines) is 1. The van der Waals surface area contributed by atoms with Crippen LogP contribution in [0, 0.1) is 0 Å². The molecule has 2 aromatic carbocycles. The van der Waals surface area contributed by atoms with E-state index in [-0.39, 0.29) is 17.5 Å². The topological polar surface area (TPSA) is 82.9 Å². The number of methoxy groups -OCH3 is 3. The van der Waals surface area contributed by atoms with E-state index in [0.717, 1.165) is 43.5 Å². The molecule has 1 atom stereocenters. The van der Waals surface area contributed by atoms with Gasteiger partial charge in [0.05, 0.1) is 44.6 Å². The fraction of sp³-hybridized carbons (Fsp3) is 0.444. The van der Waals surface area contributed by atoms with Gasteiger partial charge in [0.2, 0.25) is 5.91 Å². The normalized spacial score (nSPS) is 16.1. The molecule has 186 valence electrons. The van der Waals surface area contributed by atoms with E-state index < -0.39 is 0 Å². The average molecular weight is 480 g/mol. The van der Waals surface area contributed by atoms with Gasteiger partial charge in [-0.05, 0) is 43.0 Å². The molecule has 0 spiro atoms. The van der Waals surface area contributed by atoms with Crippen molar-refractivity contribution in [3.63, 3.8) is 0 Å². The van der Waals surface area contributed by atoms with Crippen LogP contribution >= 0.6 is 0 Å². The Kier molecular flexibility index (Phi) is 7.90. The van der Waals surface area contributed by atoms with E-state index in [4.69, 9.17) is 14.2 Å². The number of ether oxygens (including phenoxy) is 3. The van der Waals surface area contributed by atoms with Crippen molar-refractivity contribution in [3.8, 4) is 17.2 Å². The smallest absolute Gasteiger partial charge is 0.261 e. The van der Waals surface area contributed by atoms with Crippen molar-refractivity contribution in [1.29, 1.82) is 0 Å². The van der Waals surface area contributed by atoms with Gasteiger partial charge in [-0.15, -0.1) is 0 Å². The first-order valence-electron chi connectivity index (χ1n) is 12.1. The van der Waals surface area contributed by atoms with Crippen molar-refractivity contribution in [1.82, 2.24) is 14.5 Å². The van der Waals surface area contributed by atoms with E-state index in [1.807, 2.05) is 17.0 Å². The fourth-order valence-electron chi connectivity index (χ4n) is 4.77. The number of hydrogen-bond donors (Lipinski definition) is 0. The molecule has 0 saturated carbocycles. The van der Waals surface area contributed by atoms with Crippen LogP contribution in [0.5, 0.6) is 17.2 Å². The quantitative estimate of drug-likeness (QED) is 0.478. The van der Waals surface area contributed by atoms with E-state index in [1.165, 1.54) is 13.4 Å². The minimum atomic E-state index is -0.158. The number of aromatic nitrogens is 2. The molecule has 2 heterocycles. The highest BCUT2D eigenvalue weighted by Gasteiger charge is 2.26. The number of benzene rings is 2. The van der Waals surface area contributed by atoms with Crippen molar-refractivity contribution in [2.75, 3.05) is 27.9 Å². The lowest BCUT2D eigenvalue weighted by Gasteiger charge is -2.31. The molecule has 8 heteroatoms. The molecule has 0 N–H and O–H groups in total. The van der Waals surface area contributed by atoms with Crippen molar-refractivity contribution >= 4 is 16.8 Å². The van der Waals surface area contributed by atoms with E-state index >= 15 is 0 Å². The fourth-order valence-corrected chi connectivity index (χ4v) is 4.77. The van der Waals surface area contributed by atoms with Crippen LogP contribution in [0.4, 0.5) is 0 Å². The van der Waals surface area contributed by atoms with Gasteiger partial charge in [-0.1, -0.05) is 25.0 Å². The summed E-state index contributed by atoms with van der Waals surface area (Å²) in [6, 6.07) is 11.4. The van der Waals surface area contributed by atoms with Crippen molar-refractivity contribution in [2.24, 2.45) is 0 Å². The molecule has 35 heavy (non-hydrogen) atoms. The van der Waals surface area contributed by atoms with Gasteiger partial charge in [-0.2, -0.15) is 0 Å². The second kappa shape index (κ2) is 11.3. The summed E-state index contributed by atoms with van der Waals surface area (Å²) in [4.78, 5) is 32.7. The maximum atomic E-state index is 13.3. The zero-order valence-corrected chi connectivity index (χ0v) is 20.7. The van der Waals surface area contributed by atoms with E-state index in [9.17, 15) is 9.59 Å². The standard InChI is InChI=1S/C27H33N3O5/c1-33-20-12-10-19(11-13-20)23-8-5-4-6-15-30(23)26(31)9-7-14-29-18-28-22-17-25(35-3)24(34-2)16-21(22)27(29)32/h10-13,16-18,23H,4-9,14-15H2,1-3H3. The summed E-state index contributed by atoms with van der Waals surface area (Å²) in [7, 11) is 4.73. The van der Waals surface area contributed by atoms with E-state index in [2.05, 4.69) is 17.1 Å². The Balaban J connectivity index is 1.46. The molecule has 1 aliphatic heterocycles. The van der Waals surface area contributed by atoms with Crippen LogP contribution in [0.15, 0.2) is 47.5 Å². The van der Waals surface area contributed by atoms with Crippen LogP contribution in [-0.4, -0.2) is 48.2 Å². The molecule has 0 bridgehead atoms. The Bertz CT molecular complexity index is 1220. The minimum Gasteiger partial charge on any atom is -0.497 e. The first kappa shape index (κ1) is 24.6. The molecule has 1 aliphatic rings. The largest absolute Gasteiger partial charge is 0.497 e. The highest BCUT2D eigenvalue weighted by atomic mass is 16.5. The summed E-state index contributed by atoms with van der Waals surface area (Å²) in [5, 5.41) is 0.462. The molecular formula is C27H33N3O5. The summed E-state index contributed by atoms with van der Waals surface area (Å²) >= 11 is 0. The molecule has 1 aromatic heterocycles. The minimum absolute atomic E-state index is 0.0726. The molecule has 0 aliphatic carbocycles. The summed E-state index contributed by atoms with van der Waals surface area (Å²) in [6.45, 7) is 1.18. The molecular weight excluding hydrogens is 446 g/mol. The van der Waals surface area contributed by atoms with Gasteiger partial charge in [0.1, 0.15) is 5.75 Å². The molecule has 3 aromatic rings. The highest BCUT2D eigenvalue weighted by molar-refractivity contribution is 5.81. The molecule has 1 fully saturated rings. The van der Waals surface area contributed by atoms with Crippen molar-refractivity contribution in [3.05, 3.63) is 58.6 Å². The van der Waals surface area contributed by atoms with Gasteiger partial charge >= 0.3 is 0 Å². The lowest BCUT2D eigenvalue weighted by atomic mass is 10.00. The van der Waals surface area contributed by atoms with Gasteiger partial charge < -0.3 is 19.1 Å². The molecule has 4 rings (SSSR count). The maximum absolute atomic E-state index is 13.3. The summed E-state index contributed by atoms with van der Waals surface area (Å²) in [6.07, 6.45) is 6.67. The predicted octanol–water partition coefficient (Wildman–Crippen LogP) is 4.35. The zero-order valence-electron chi connectivity index (χ0n) is 20.7. The number of carbonyl (C=O) groups is 1. The third-order valence-electron chi connectivity index (χ3n) is 6.69. The van der Waals surface area contributed by atoms with Gasteiger partial charge in [-0.3, -0.25) is 14.2 Å². The molecule has 1 unspecified atom stereocenters. The maximum Gasteiger partial charge on any atom is 0.261 e. The number of aryl methyl sites for hydroxylation is 1. The van der Waals surface area contributed by atoms with Gasteiger partial charge in [0, 0.05) is 25.6 Å². The van der Waals surface area contributed by atoms with Crippen LogP contribution in [0.25, 0.3) is 10.9 Å². The number of hydrogen-bond acceptors (Lipinski definition) is 6. The summed E-state index contributed by atoms with van der Waals surface area (Å²) in [5.74, 6) is 1.95. The third kappa shape index (κ3) is 5.42. The average Bonchev–Trinajstić information content (AvgIpc) is 3.15. The summed E-state index contributed by atoms with van der Waals surface area (Å²) < 4.78 is 17.5. The predicted molar refractivity (Wildman–Crippen MR) is 134 cm³/mol. The van der Waals surface area contributed by atoms with Crippen LogP contribution in [-0.2, 0) is 11.3 Å². The first-order chi connectivity index (χ1) is 17.0. The third-order valence-corrected chi connectivity index (χ3v) is 6.69. The Hall–Kier alpha value is -3.55. The molecule has 8 nitrogen and oxygen atoms in total. The van der Waals surface area contributed by atoms with Gasteiger partial charge in [-0.25, -0.2) is 4.98 Å². The number of fused-ring (bicyclic) bond motifs is 1. The second-order valence-corrected chi connectivity index (χ2v) is 8.80. The molecule has 1 saturated heterocycles. The van der Waals surface area contributed by atoms with Crippen LogP contribution in [0.3, 0.4) is 0 Å². The Morgan fingerprint density at radius 1 is 1.00 bits per heavy atom. The van der Waals surface area contributed by atoms with Crippen LogP contribution in [0.1, 0.15) is 50.1 Å². The number of carbonyl (C=O) groups excluding carboxylic acids is 1. The number of rotatable bonds is 8. The lowest BCUT2D eigenvalue weighted by Crippen LogP contribution is -2.35. The van der Waals surface area contributed by atoms with Crippen LogP contribution < -0.4 is 19.8 Å². The SMILES string of the molecule is COc1ccc(C2CCCCCN2C(=O)CCCn2cnc3cc(OC)c(OC)cc3c2=O)cc1. The monoisotopic (exact) mass is 479 g/mol.